The second-order valence-corrected chi connectivity index (χ2v) is 4.72. The predicted octanol–water partition coefficient (Wildman–Crippen LogP) is 3.79. The third-order valence-electron chi connectivity index (χ3n) is 3.72. The summed E-state index contributed by atoms with van der Waals surface area (Å²) in [7, 11) is 3.42. The van der Waals surface area contributed by atoms with Crippen LogP contribution in [0, 0.1) is 5.92 Å². The van der Waals surface area contributed by atoms with E-state index in [0.29, 0.717) is 12.0 Å². The van der Waals surface area contributed by atoms with Crippen LogP contribution in [0.1, 0.15) is 45.2 Å². The van der Waals surface area contributed by atoms with Gasteiger partial charge in [-0.3, -0.25) is 0 Å². The van der Waals surface area contributed by atoms with Gasteiger partial charge in [-0.05, 0) is 30.7 Å². The number of ether oxygens (including phenoxy) is 2. The van der Waals surface area contributed by atoms with Crippen LogP contribution < -0.4 is 14.8 Å². The van der Waals surface area contributed by atoms with E-state index in [1.807, 2.05) is 12.1 Å². The Morgan fingerprint density at radius 2 is 1.74 bits per heavy atom. The molecule has 3 heteroatoms. The highest BCUT2D eigenvalue weighted by atomic mass is 16.5. The Labute approximate surface area is 117 Å². The minimum atomic E-state index is 0.310. The zero-order valence-corrected chi connectivity index (χ0v) is 12.8. The molecule has 1 rings (SSSR count). The van der Waals surface area contributed by atoms with Crippen molar-refractivity contribution in [3.8, 4) is 11.5 Å². The molecule has 0 aromatic heterocycles. The van der Waals surface area contributed by atoms with Crippen LogP contribution in [-0.4, -0.2) is 20.8 Å². The zero-order chi connectivity index (χ0) is 14.3. The van der Waals surface area contributed by atoms with Crippen molar-refractivity contribution in [2.75, 3.05) is 20.8 Å². The first-order chi connectivity index (χ1) is 9.21. The average molecular weight is 265 g/mol. The van der Waals surface area contributed by atoms with Crippen LogP contribution >= 0.6 is 0 Å². The van der Waals surface area contributed by atoms with Gasteiger partial charge in [0, 0.05) is 11.6 Å². The Hall–Kier alpha value is -1.22. The normalized spacial score (nSPS) is 12.5. The summed E-state index contributed by atoms with van der Waals surface area (Å²) in [6.45, 7) is 7.57. The molecule has 1 unspecified atom stereocenters. The summed E-state index contributed by atoms with van der Waals surface area (Å²) in [6.07, 6.45) is 2.29. The Morgan fingerprint density at radius 1 is 1.05 bits per heavy atom. The fourth-order valence-electron chi connectivity index (χ4n) is 2.59. The molecule has 0 aliphatic heterocycles. The highest BCUT2D eigenvalue weighted by molar-refractivity contribution is 5.42. The van der Waals surface area contributed by atoms with E-state index in [0.717, 1.165) is 30.9 Å². The molecule has 0 radical (unpaired) electrons. The maximum absolute atomic E-state index is 5.52. The van der Waals surface area contributed by atoms with Crippen molar-refractivity contribution in [3.63, 3.8) is 0 Å². The first kappa shape index (κ1) is 15.8. The van der Waals surface area contributed by atoms with Gasteiger partial charge in [-0.15, -0.1) is 0 Å². The topological polar surface area (TPSA) is 30.5 Å². The summed E-state index contributed by atoms with van der Waals surface area (Å²) in [6, 6.07) is 6.33. The molecule has 0 saturated heterocycles. The second kappa shape index (κ2) is 8.05. The van der Waals surface area contributed by atoms with Crippen LogP contribution in [0.15, 0.2) is 18.2 Å². The lowest BCUT2D eigenvalue weighted by molar-refractivity contribution is 0.327. The largest absolute Gasteiger partial charge is 0.497 e. The van der Waals surface area contributed by atoms with E-state index in [1.165, 1.54) is 5.56 Å². The maximum Gasteiger partial charge on any atom is 0.123 e. The Balaban J connectivity index is 3.18. The van der Waals surface area contributed by atoms with Crippen LogP contribution in [0.2, 0.25) is 0 Å². The molecule has 1 N–H and O–H groups in total. The summed E-state index contributed by atoms with van der Waals surface area (Å²) in [5.41, 5.74) is 1.19. The SMILES string of the molecule is CCNC(c1cc(OC)ccc1OC)C(CC)CC. The molecule has 1 aromatic rings. The van der Waals surface area contributed by atoms with Gasteiger partial charge in [0.15, 0.2) is 0 Å². The molecule has 0 aliphatic carbocycles. The number of nitrogens with one attached hydrogen (secondary N) is 1. The minimum absolute atomic E-state index is 0.310. The average Bonchev–Trinajstić information content (AvgIpc) is 2.46. The number of rotatable bonds is 8. The van der Waals surface area contributed by atoms with Gasteiger partial charge in [-0.1, -0.05) is 33.6 Å². The van der Waals surface area contributed by atoms with E-state index in [2.05, 4.69) is 32.2 Å². The van der Waals surface area contributed by atoms with E-state index in [1.54, 1.807) is 14.2 Å². The summed E-state index contributed by atoms with van der Waals surface area (Å²) in [5, 5.41) is 3.59. The van der Waals surface area contributed by atoms with Crippen molar-refractivity contribution >= 4 is 0 Å². The van der Waals surface area contributed by atoms with E-state index >= 15 is 0 Å². The minimum Gasteiger partial charge on any atom is -0.497 e. The number of benzene rings is 1. The third kappa shape index (κ3) is 3.87. The summed E-state index contributed by atoms with van der Waals surface area (Å²) in [5.74, 6) is 2.41. The van der Waals surface area contributed by atoms with Gasteiger partial charge in [0.2, 0.25) is 0 Å². The number of methoxy groups -OCH3 is 2. The van der Waals surface area contributed by atoms with Crippen molar-refractivity contribution in [1.29, 1.82) is 0 Å². The fourth-order valence-corrected chi connectivity index (χ4v) is 2.59. The van der Waals surface area contributed by atoms with Crippen molar-refractivity contribution in [1.82, 2.24) is 5.32 Å². The van der Waals surface area contributed by atoms with Crippen LogP contribution in [0.4, 0.5) is 0 Å². The molecule has 0 heterocycles. The third-order valence-corrected chi connectivity index (χ3v) is 3.72. The van der Waals surface area contributed by atoms with Gasteiger partial charge in [-0.25, -0.2) is 0 Å². The lowest BCUT2D eigenvalue weighted by Gasteiger charge is -2.28. The van der Waals surface area contributed by atoms with Crippen LogP contribution in [0.25, 0.3) is 0 Å². The molecular formula is C16H27NO2. The van der Waals surface area contributed by atoms with Gasteiger partial charge in [0.05, 0.1) is 14.2 Å². The molecule has 19 heavy (non-hydrogen) atoms. The molecule has 0 saturated carbocycles. The molecule has 0 aliphatic rings. The van der Waals surface area contributed by atoms with E-state index < -0.39 is 0 Å². The monoisotopic (exact) mass is 265 g/mol. The second-order valence-electron chi connectivity index (χ2n) is 4.72. The molecule has 0 fully saturated rings. The zero-order valence-electron chi connectivity index (χ0n) is 12.8. The smallest absolute Gasteiger partial charge is 0.123 e. The van der Waals surface area contributed by atoms with Crippen LogP contribution in [-0.2, 0) is 0 Å². The molecule has 0 amide bonds. The standard InChI is InChI=1S/C16H27NO2/c1-6-12(7-2)16(17-8-3)14-11-13(18-4)9-10-15(14)19-5/h9-12,16-17H,6-8H2,1-5H3. The molecule has 0 spiro atoms. The van der Waals surface area contributed by atoms with Gasteiger partial charge in [-0.2, -0.15) is 0 Å². The van der Waals surface area contributed by atoms with Crippen LogP contribution in [0.3, 0.4) is 0 Å². The van der Waals surface area contributed by atoms with Crippen molar-refractivity contribution in [3.05, 3.63) is 23.8 Å². The highest BCUT2D eigenvalue weighted by Crippen LogP contribution is 2.35. The Morgan fingerprint density at radius 3 is 2.21 bits per heavy atom. The van der Waals surface area contributed by atoms with Crippen molar-refractivity contribution < 1.29 is 9.47 Å². The lowest BCUT2D eigenvalue weighted by atomic mass is 9.88. The lowest BCUT2D eigenvalue weighted by Crippen LogP contribution is -2.28. The van der Waals surface area contributed by atoms with Gasteiger partial charge >= 0.3 is 0 Å². The van der Waals surface area contributed by atoms with Gasteiger partial charge in [0.25, 0.3) is 0 Å². The maximum atomic E-state index is 5.52. The van der Waals surface area contributed by atoms with Gasteiger partial charge in [0.1, 0.15) is 11.5 Å². The molecule has 108 valence electrons. The van der Waals surface area contributed by atoms with Crippen molar-refractivity contribution in [2.24, 2.45) is 5.92 Å². The van der Waals surface area contributed by atoms with Crippen LogP contribution in [0.5, 0.6) is 11.5 Å². The molecule has 0 bridgehead atoms. The van der Waals surface area contributed by atoms with Gasteiger partial charge < -0.3 is 14.8 Å². The quantitative estimate of drug-likeness (QED) is 0.775. The van der Waals surface area contributed by atoms with Crippen molar-refractivity contribution in [2.45, 2.75) is 39.7 Å². The summed E-state index contributed by atoms with van der Waals surface area (Å²) >= 11 is 0. The first-order valence-corrected chi connectivity index (χ1v) is 7.16. The van der Waals surface area contributed by atoms with E-state index in [4.69, 9.17) is 9.47 Å². The Bertz CT molecular complexity index is 375. The fraction of sp³-hybridized carbons (Fsp3) is 0.625. The summed E-state index contributed by atoms with van der Waals surface area (Å²) < 4.78 is 10.9. The van der Waals surface area contributed by atoms with E-state index in [-0.39, 0.29) is 0 Å². The predicted molar refractivity (Wildman–Crippen MR) is 80.0 cm³/mol. The molecule has 3 nitrogen and oxygen atoms in total. The number of hydrogen-bond donors (Lipinski definition) is 1. The first-order valence-electron chi connectivity index (χ1n) is 7.16. The number of hydrogen-bond acceptors (Lipinski definition) is 3. The Kier molecular flexibility index (Phi) is 6.71. The van der Waals surface area contributed by atoms with E-state index in [9.17, 15) is 0 Å². The molecular weight excluding hydrogens is 238 g/mol. The molecule has 1 aromatic carbocycles. The summed E-state index contributed by atoms with van der Waals surface area (Å²) in [4.78, 5) is 0. The highest BCUT2D eigenvalue weighted by Gasteiger charge is 2.23. The molecule has 1 atom stereocenters.